The topological polar surface area (TPSA) is 0 Å². The zero-order chi connectivity index (χ0) is 25.5. The molecule has 188 valence electrons. The second-order valence-corrected chi connectivity index (χ2v) is 18.5. The van der Waals surface area contributed by atoms with E-state index in [0.717, 1.165) is 5.30 Å². The van der Waals surface area contributed by atoms with Crippen molar-refractivity contribution in [2.75, 3.05) is 0 Å². The summed E-state index contributed by atoms with van der Waals surface area (Å²) in [4.78, 5) is 0. The lowest BCUT2D eigenvalue weighted by atomic mass is 10.0. The van der Waals surface area contributed by atoms with Crippen LogP contribution in [0.5, 0.6) is 0 Å². The van der Waals surface area contributed by atoms with E-state index < -0.39 is 19.7 Å². The number of aryl methyl sites for hydroxylation is 1. The average molecular weight is 509 g/mol. The van der Waals surface area contributed by atoms with Crippen molar-refractivity contribution in [1.82, 2.24) is 0 Å². The van der Waals surface area contributed by atoms with Crippen molar-refractivity contribution >= 4 is 26.5 Å². The zero-order valence-corrected chi connectivity index (χ0v) is 23.8. The normalized spacial score (nSPS) is 21.6. The Kier molecular flexibility index (Phi) is 8.32. The van der Waals surface area contributed by atoms with Crippen LogP contribution in [0, 0.1) is 12.8 Å². The van der Waals surface area contributed by atoms with Gasteiger partial charge in [0.05, 0.1) is 5.56 Å². The molecule has 0 aromatic heterocycles. The van der Waals surface area contributed by atoms with Gasteiger partial charge in [0.1, 0.15) is 0 Å². The highest BCUT2D eigenvalue weighted by Gasteiger charge is 2.47. The van der Waals surface area contributed by atoms with Gasteiger partial charge in [-0.15, -0.1) is 0 Å². The molecule has 2 aromatic carbocycles. The van der Waals surface area contributed by atoms with E-state index in [9.17, 15) is 13.2 Å². The Morgan fingerprint density at radius 1 is 0.765 bits per heavy atom. The molecule has 0 spiro atoms. The molecule has 2 aromatic rings. The Morgan fingerprint density at radius 2 is 1.24 bits per heavy atom. The third-order valence-corrected chi connectivity index (χ3v) is 14.2. The molecule has 0 nitrogen and oxygen atoms in total. The van der Waals surface area contributed by atoms with Gasteiger partial charge in [-0.05, 0) is 78.0 Å². The summed E-state index contributed by atoms with van der Waals surface area (Å²) in [6, 6.07) is 14.7. The highest BCUT2D eigenvalue weighted by Crippen LogP contribution is 2.68. The molecule has 0 radical (unpaired) electrons. The molecule has 1 aliphatic carbocycles. The second kappa shape index (κ2) is 10.2. The van der Waals surface area contributed by atoms with Crippen molar-refractivity contribution in [2.45, 2.75) is 102 Å². The van der Waals surface area contributed by atoms with Crippen molar-refractivity contribution in [1.29, 1.82) is 0 Å². The first-order valence-corrected chi connectivity index (χ1v) is 15.3. The third kappa shape index (κ3) is 6.25. The highest BCUT2D eigenvalue weighted by molar-refractivity contribution is 7.73. The monoisotopic (exact) mass is 508 g/mol. The maximum atomic E-state index is 13.3. The summed E-state index contributed by atoms with van der Waals surface area (Å²) in [5.41, 5.74) is 1.75. The van der Waals surface area contributed by atoms with E-state index in [1.165, 1.54) is 42.3 Å². The van der Waals surface area contributed by atoms with E-state index in [1.807, 2.05) is 0 Å². The van der Waals surface area contributed by atoms with Gasteiger partial charge in [0.15, 0.2) is 0 Å². The summed E-state index contributed by atoms with van der Waals surface area (Å²) >= 11 is 0. The first-order valence-electron chi connectivity index (χ1n) is 12.4. The van der Waals surface area contributed by atoms with E-state index in [0.29, 0.717) is 17.2 Å². The van der Waals surface area contributed by atoms with Crippen LogP contribution in [-0.2, 0) is 6.18 Å². The molecule has 1 saturated carbocycles. The largest absolute Gasteiger partial charge is 0.416 e. The van der Waals surface area contributed by atoms with Crippen LogP contribution >= 0.6 is 15.8 Å². The quantitative estimate of drug-likeness (QED) is 0.353. The fourth-order valence-corrected chi connectivity index (χ4v) is 14.5. The maximum Gasteiger partial charge on any atom is 0.416 e. The van der Waals surface area contributed by atoms with E-state index in [4.69, 9.17) is 0 Å². The van der Waals surface area contributed by atoms with Crippen LogP contribution in [0.4, 0.5) is 13.2 Å². The summed E-state index contributed by atoms with van der Waals surface area (Å²) in [5.74, 6) is 0.597. The highest BCUT2D eigenvalue weighted by atomic mass is 31.1. The molecule has 1 aliphatic rings. The minimum atomic E-state index is -4.30. The van der Waals surface area contributed by atoms with Gasteiger partial charge in [0.2, 0.25) is 0 Å². The van der Waals surface area contributed by atoms with Crippen LogP contribution in [0.15, 0.2) is 48.5 Å². The summed E-state index contributed by atoms with van der Waals surface area (Å²) in [6.45, 7) is 18.9. The third-order valence-electron chi connectivity index (χ3n) is 7.12. The fourth-order valence-electron chi connectivity index (χ4n) is 6.18. The van der Waals surface area contributed by atoms with E-state index in [2.05, 4.69) is 79.7 Å². The van der Waals surface area contributed by atoms with Crippen LogP contribution in [0.25, 0.3) is 0 Å². The molecule has 34 heavy (non-hydrogen) atoms. The average Bonchev–Trinajstić information content (AvgIpc) is 3.15. The lowest BCUT2D eigenvalue weighted by molar-refractivity contribution is -0.137. The Labute approximate surface area is 207 Å². The predicted octanol–water partition coefficient (Wildman–Crippen LogP) is 9.08. The van der Waals surface area contributed by atoms with Gasteiger partial charge >= 0.3 is 6.18 Å². The molecule has 0 bridgehead atoms. The molecule has 0 aliphatic heterocycles. The first-order chi connectivity index (χ1) is 15.6. The SMILES string of the molecule is Cc1ccc(P(c2ccc(C(F)(F)F)cc2)C(C)C2CCCC2P(C(C)(C)C)C(C)(C)C)cc1. The Hall–Kier alpha value is -0.910. The van der Waals surface area contributed by atoms with Crippen LogP contribution < -0.4 is 10.6 Å². The summed E-state index contributed by atoms with van der Waals surface area (Å²) < 4.78 is 39.8. The van der Waals surface area contributed by atoms with Crippen molar-refractivity contribution in [3.8, 4) is 0 Å². The van der Waals surface area contributed by atoms with Crippen LogP contribution in [0.3, 0.4) is 0 Å². The van der Waals surface area contributed by atoms with Gasteiger partial charge in [-0.3, -0.25) is 0 Å². The minimum Gasteiger partial charge on any atom is -0.166 e. The second-order valence-electron chi connectivity index (χ2n) is 11.9. The lowest BCUT2D eigenvalue weighted by Gasteiger charge is -2.49. The lowest BCUT2D eigenvalue weighted by Crippen LogP contribution is -2.37. The molecule has 3 rings (SSSR count). The maximum absolute atomic E-state index is 13.3. The van der Waals surface area contributed by atoms with Crippen LogP contribution in [-0.4, -0.2) is 21.6 Å². The van der Waals surface area contributed by atoms with Gasteiger partial charge in [0, 0.05) is 0 Å². The van der Waals surface area contributed by atoms with Crippen molar-refractivity contribution in [3.05, 3.63) is 59.7 Å². The number of halogens is 3. The summed E-state index contributed by atoms with van der Waals surface area (Å²) in [6.07, 6.45) is -0.543. The van der Waals surface area contributed by atoms with Gasteiger partial charge in [0.25, 0.3) is 0 Å². The van der Waals surface area contributed by atoms with Crippen molar-refractivity contribution in [2.24, 2.45) is 5.92 Å². The van der Waals surface area contributed by atoms with Gasteiger partial charge in [-0.25, -0.2) is 0 Å². The molecule has 4 unspecified atom stereocenters. The molecule has 5 heteroatoms. The standard InChI is InChI=1S/C29H41F3P2/c1-20-12-16-23(17-13-20)33(24-18-14-22(15-19-24)29(30,31)32)21(2)25-10-9-11-26(25)34(27(3,4)5)28(6,7)8/h12-19,21,25-26H,9-11H2,1-8H3. The van der Waals surface area contributed by atoms with Crippen LogP contribution in [0.1, 0.15) is 78.9 Å². The van der Waals surface area contributed by atoms with Gasteiger partial charge in [-0.1, -0.05) is 105 Å². The van der Waals surface area contributed by atoms with E-state index >= 15 is 0 Å². The molecule has 1 fully saturated rings. The first kappa shape index (κ1) is 27.7. The van der Waals surface area contributed by atoms with Crippen molar-refractivity contribution in [3.63, 3.8) is 0 Å². The molecular formula is C29H41F3P2. The van der Waals surface area contributed by atoms with Gasteiger partial charge in [-0.2, -0.15) is 13.2 Å². The minimum absolute atomic E-state index is 0.242. The Morgan fingerprint density at radius 3 is 1.68 bits per heavy atom. The van der Waals surface area contributed by atoms with E-state index in [1.54, 1.807) is 12.1 Å². The van der Waals surface area contributed by atoms with Crippen LogP contribution in [0.2, 0.25) is 0 Å². The summed E-state index contributed by atoms with van der Waals surface area (Å²) in [5, 5.41) is 2.86. The molecule has 0 N–H and O–H groups in total. The smallest absolute Gasteiger partial charge is 0.166 e. The van der Waals surface area contributed by atoms with E-state index in [-0.39, 0.29) is 18.2 Å². The number of alkyl halides is 3. The number of benzene rings is 2. The predicted molar refractivity (Wildman–Crippen MR) is 146 cm³/mol. The molecule has 0 saturated heterocycles. The van der Waals surface area contributed by atoms with Gasteiger partial charge < -0.3 is 0 Å². The number of hydrogen-bond donors (Lipinski definition) is 0. The molecule has 0 amide bonds. The number of hydrogen-bond acceptors (Lipinski definition) is 0. The van der Waals surface area contributed by atoms with Crippen molar-refractivity contribution < 1.29 is 13.2 Å². The Balaban J connectivity index is 2.04. The summed E-state index contributed by atoms with van der Waals surface area (Å²) in [7, 11) is -1.01. The Bertz CT molecular complexity index is 920. The molecule has 0 heterocycles. The fraction of sp³-hybridized carbons (Fsp3) is 0.586. The zero-order valence-electron chi connectivity index (χ0n) is 22.0. The molecular weight excluding hydrogens is 467 g/mol. The number of rotatable bonds is 5. The molecule has 4 atom stereocenters.